The Hall–Kier alpha value is 0.240. The van der Waals surface area contributed by atoms with E-state index in [0.717, 1.165) is 19.3 Å². The van der Waals surface area contributed by atoms with Gasteiger partial charge in [0.15, 0.2) is 9.84 Å². The van der Waals surface area contributed by atoms with Gasteiger partial charge in [0.2, 0.25) is 0 Å². The molecule has 0 radical (unpaired) electrons. The lowest BCUT2D eigenvalue weighted by Gasteiger charge is -1.97. The molecule has 0 aromatic carbocycles. The largest absolute Gasteiger partial charge is 0.228 e. The van der Waals surface area contributed by atoms with Crippen molar-refractivity contribution in [1.82, 2.24) is 0 Å². The Labute approximate surface area is 67.5 Å². The molecule has 0 spiro atoms. The number of hydrogen-bond acceptors (Lipinski definition) is 2. The van der Waals surface area contributed by atoms with Gasteiger partial charge in [-0.2, -0.15) is 0 Å². The van der Waals surface area contributed by atoms with Crippen molar-refractivity contribution in [3.05, 3.63) is 0 Å². The van der Waals surface area contributed by atoms with E-state index < -0.39 is 9.84 Å². The van der Waals surface area contributed by atoms with Crippen LogP contribution in [0.4, 0.5) is 0 Å². The zero-order valence-electron chi connectivity index (χ0n) is 6.14. The summed E-state index contributed by atoms with van der Waals surface area (Å²) in [6.45, 7) is 2.04. The van der Waals surface area contributed by atoms with Crippen LogP contribution < -0.4 is 0 Å². The highest BCUT2D eigenvalue weighted by molar-refractivity contribution is 7.92. The van der Waals surface area contributed by atoms with E-state index in [0.29, 0.717) is 0 Å². The van der Waals surface area contributed by atoms with Gasteiger partial charge in [0.05, 0.1) is 5.75 Å². The quantitative estimate of drug-likeness (QED) is 0.482. The smallest absolute Gasteiger partial charge is 0.164 e. The number of rotatable bonds is 5. The molecular weight excluding hydrogens is 172 g/mol. The highest BCUT2D eigenvalue weighted by atomic mass is 35.5. The van der Waals surface area contributed by atoms with Gasteiger partial charge in [0.1, 0.15) is 5.21 Å². The summed E-state index contributed by atoms with van der Waals surface area (Å²) in [6.07, 6.45) is 2.75. The lowest BCUT2D eigenvalue weighted by molar-refractivity contribution is 0.595. The average molecular weight is 185 g/mol. The van der Waals surface area contributed by atoms with Gasteiger partial charge in [-0.25, -0.2) is 8.42 Å². The molecule has 0 aliphatic carbocycles. The summed E-state index contributed by atoms with van der Waals surface area (Å²) in [5.41, 5.74) is 0. The zero-order valence-corrected chi connectivity index (χ0v) is 7.71. The highest BCUT2D eigenvalue weighted by Crippen LogP contribution is 2.00. The Bertz CT molecular complexity index is 163. The van der Waals surface area contributed by atoms with Crippen LogP contribution in [0.2, 0.25) is 0 Å². The van der Waals surface area contributed by atoms with Crippen molar-refractivity contribution in [2.45, 2.75) is 26.2 Å². The van der Waals surface area contributed by atoms with Gasteiger partial charge in [-0.15, -0.1) is 11.6 Å². The first-order valence-corrected chi connectivity index (χ1v) is 5.74. The summed E-state index contributed by atoms with van der Waals surface area (Å²) in [6, 6.07) is 0. The van der Waals surface area contributed by atoms with E-state index in [1.165, 1.54) is 0 Å². The van der Waals surface area contributed by atoms with E-state index in [9.17, 15) is 8.42 Å². The summed E-state index contributed by atoms with van der Waals surface area (Å²) in [5.74, 6) is 0.240. The SMILES string of the molecule is CCCCCS(=O)(=O)CCl. The lowest BCUT2D eigenvalue weighted by atomic mass is 10.3. The third-order valence-electron chi connectivity index (χ3n) is 1.23. The molecule has 2 nitrogen and oxygen atoms in total. The Kier molecular flexibility index (Phi) is 5.09. The number of unbranched alkanes of at least 4 members (excludes halogenated alkanes) is 2. The minimum Gasteiger partial charge on any atom is -0.228 e. The van der Waals surface area contributed by atoms with Gasteiger partial charge in [-0.1, -0.05) is 19.8 Å². The predicted molar refractivity (Wildman–Crippen MR) is 44.0 cm³/mol. The molecule has 0 fully saturated rings. The summed E-state index contributed by atoms with van der Waals surface area (Å²) in [7, 11) is -2.93. The van der Waals surface area contributed by atoms with E-state index in [1.807, 2.05) is 6.92 Å². The molecule has 4 heteroatoms. The van der Waals surface area contributed by atoms with Crippen LogP contribution in [0.5, 0.6) is 0 Å². The van der Waals surface area contributed by atoms with Crippen molar-refractivity contribution in [2.75, 3.05) is 11.0 Å². The molecule has 0 aliphatic rings. The van der Waals surface area contributed by atoms with Crippen LogP contribution in [0, 0.1) is 0 Å². The third kappa shape index (κ3) is 5.06. The molecule has 0 atom stereocenters. The molecule has 0 aromatic heterocycles. The average Bonchev–Trinajstić information content (AvgIpc) is 1.89. The molecule has 10 heavy (non-hydrogen) atoms. The van der Waals surface area contributed by atoms with Gasteiger partial charge in [-0.05, 0) is 6.42 Å². The number of halogens is 1. The molecule has 0 saturated heterocycles. The van der Waals surface area contributed by atoms with Crippen LogP contribution >= 0.6 is 11.6 Å². The fourth-order valence-corrected chi connectivity index (χ4v) is 1.71. The number of sulfone groups is 1. The second-order valence-electron chi connectivity index (χ2n) is 2.26. The second-order valence-corrected chi connectivity index (χ2v) is 5.03. The summed E-state index contributed by atoms with van der Waals surface area (Å²) in [4.78, 5) is 0. The summed E-state index contributed by atoms with van der Waals surface area (Å²) >= 11 is 5.18. The molecular formula is C6H13ClO2S. The van der Waals surface area contributed by atoms with Crippen molar-refractivity contribution in [3.63, 3.8) is 0 Å². The minimum atomic E-state index is -2.93. The Balaban J connectivity index is 3.49. The zero-order chi connectivity index (χ0) is 8.04. The maximum atomic E-state index is 10.7. The first kappa shape index (κ1) is 10.2. The van der Waals surface area contributed by atoms with E-state index in [4.69, 9.17) is 11.6 Å². The van der Waals surface area contributed by atoms with Crippen LogP contribution in [0.3, 0.4) is 0 Å². The topological polar surface area (TPSA) is 34.1 Å². The van der Waals surface area contributed by atoms with Crippen LogP contribution in [0.1, 0.15) is 26.2 Å². The van der Waals surface area contributed by atoms with Crippen molar-refractivity contribution in [3.8, 4) is 0 Å². The standard InChI is InChI=1S/C6H13ClO2S/c1-2-3-4-5-10(8,9)6-7/h2-6H2,1H3. The number of hydrogen-bond donors (Lipinski definition) is 0. The fraction of sp³-hybridized carbons (Fsp3) is 1.00. The van der Waals surface area contributed by atoms with Crippen molar-refractivity contribution >= 4 is 21.4 Å². The van der Waals surface area contributed by atoms with Crippen LogP contribution in [-0.2, 0) is 9.84 Å². The van der Waals surface area contributed by atoms with Gasteiger partial charge in [0.25, 0.3) is 0 Å². The Morgan fingerprint density at radius 1 is 1.30 bits per heavy atom. The van der Waals surface area contributed by atoms with E-state index in [1.54, 1.807) is 0 Å². The first-order chi connectivity index (χ1) is 4.62. The molecule has 0 N–H and O–H groups in total. The summed E-state index contributed by atoms with van der Waals surface area (Å²) < 4.78 is 21.5. The first-order valence-electron chi connectivity index (χ1n) is 3.39. The van der Waals surface area contributed by atoms with Gasteiger partial charge in [0, 0.05) is 0 Å². The monoisotopic (exact) mass is 184 g/mol. The molecule has 62 valence electrons. The Morgan fingerprint density at radius 3 is 2.30 bits per heavy atom. The van der Waals surface area contributed by atoms with Gasteiger partial charge >= 0.3 is 0 Å². The second kappa shape index (κ2) is 4.97. The molecule has 0 heterocycles. The summed E-state index contributed by atoms with van der Waals surface area (Å²) in [5, 5.41) is -0.239. The molecule has 0 saturated carbocycles. The Morgan fingerprint density at radius 2 is 1.90 bits per heavy atom. The van der Waals surface area contributed by atoms with Crippen molar-refractivity contribution in [2.24, 2.45) is 0 Å². The normalized spacial score (nSPS) is 11.8. The van der Waals surface area contributed by atoms with Crippen molar-refractivity contribution in [1.29, 1.82) is 0 Å². The third-order valence-corrected chi connectivity index (χ3v) is 3.47. The molecule has 0 aliphatic heterocycles. The van der Waals surface area contributed by atoms with E-state index in [2.05, 4.69) is 0 Å². The number of alkyl halides is 1. The van der Waals surface area contributed by atoms with Crippen LogP contribution in [0.25, 0.3) is 0 Å². The maximum Gasteiger partial charge on any atom is 0.164 e. The fourth-order valence-electron chi connectivity index (χ4n) is 0.627. The molecule has 0 rings (SSSR count). The molecule has 0 bridgehead atoms. The minimum absolute atomic E-state index is 0.239. The van der Waals surface area contributed by atoms with Crippen LogP contribution in [0.15, 0.2) is 0 Å². The van der Waals surface area contributed by atoms with Crippen molar-refractivity contribution < 1.29 is 8.42 Å². The molecule has 0 aromatic rings. The lowest BCUT2D eigenvalue weighted by Crippen LogP contribution is -2.06. The maximum absolute atomic E-state index is 10.7. The highest BCUT2D eigenvalue weighted by Gasteiger charge is 2.06. The van der Waals surface area contributed by atoms with Crippen LogP contribution in [-0.4, -0.2) is 19.4 Å². The van der Waals surface area contributed by atoms with E-state index >= 15 is 0 Å². The van der Waals surface area contributed by atoms with Gasteiger partial charge in [-0.3, -0.25) is 0 Å². The predicted octanol–water partition coefficient (Wildman–Crippen LogP) is 1.79. The molecule has 0 unspecified atom stereocenters. The molecule has 0 amide bonds. The van der Waals surface area contributed by atoms with Gasteiger partial charge < -0.3 is 0 Å². The van der Waals surface area contributed by atoms with E-state index in [-0.39, 0.29) is 11.0 Å².